The Morgan fingerprint density at radius 1 is 1.37 bits per heavy atom. The molecule has 1 N–H and O–H groups in total. The summed E-state index contributed by atoms with van der Waals surface area (Å²) in [7, 11) is 3.48. The van der Waals surface area contributed by atoms with Crippen molar-refractivity contribution in [3.63, 3.8) is 0 Å². The molecular formula is C14H18FN3O. The van der Waals surface area contributed by atoms with Crippen LogP contribution in [0.15, 0.2) is 18.2 Å². The highest BCUT2D eigenvalue weighted by Crippen LogP contribution is 2.26. The van der Waals surface area contributed by atoms with E-state index in [-0.39, 0.29) is 5.82 Å². The van der Waals surface area contributed by atoms with Crippen LogP contribution in [0.25, 0.3) is 0 Å². The fourth-order valence-electron chi connectivity index (χ4n) is 2.08. The van der Waals surface area contributed by atoms with E-state index in [0.717, 1.165) is 17.0 Å². The number of benzene rings is 1. The summed E-state index contributed by atoms with van der Waals surface area (Å²) < 4.78 is 20.3. The van der Waals surface area contributed by atoms with Crippen LogP contribution < -0.4 is 10.1 Å². The van der Waals surface area contributed by atoms with Crippen molar-refractivity contribution in [2.75, 3.05) is 12.4 Å². The van der Waals surface area contributed by atoms with Gasteiger partial charge in [-0.1, -0.05) is 0 Å². The van der Waals surface area contributed by atoms with E-state index in [9.17, 15) is 4.39 Å². The van der Waals surface area contributed by atoms with Crippen molar-refractivity contribution in [1.29, 1.82) is 0 Å². The Bertz CT molecular complexity index is 593. The smallest absolute Gasteiger partial charge is 0.142 e. The lowest BCUT2D eigenvalue weighted by Crippen LogP contribution is -2.04. The molecule has 5 heteroatoms. The number of ether oxygens (including phenoxy) is 1. The zero-order valence-electron chi connectivity index (χ0n) is 11.6. The maximum absolute atomic E-state index is 13.3. The molecule has 0 aliphatic rings. The van der Waals surface area contributed by atoms with E-state index >= 15 is 0 Å². The first-order valence-corrected chi connectivity index (χ1v) is 6.09. The van der Waals surface area contributed by atoms with Gasteiger partial charge < -0.3 is 10.1 Å². The Balaban J connectivity index is 2.21. The van der Waals surface area contributed by atoms with Gasteiger partial charge in [0.2, 0.25) is 0 Å². The summed E-state index contributed by atoms with van der Waals surface area (Å²) in [6.45, 7) is 4.57. The number of hydrogen-bond acceptors (Lipinski definition) is 3. The van der Waals surface area contributed by atoms with Gasteiger partial charge in [0.15, 0.2) is 0 Å². The quantitative estimate of drug-likeness (QED) is 0.922. The number of aromatic nitrogens is 2. The number of aryl methyl sites for hydroxylation is 2. The molecule has 0 atom stereocenters. The van der Waals surface area contributed by atoms with Crippen molar-refractivity contribution < 1.29 is 9.13 Å². The minimum absolute atomic E-state index is 0.289. The van der Waals surface area contributed by atoms with Gasteiger partial charge >= 0.3 is 0 Å². The number of nitrogens with one attached hydrogen (secondary N) is 1. The summed E-state index contributed by atoms with van der Waals surface area (Å²) in [6.07, 6.45) is 0. The van der Waals surface area contributed by atoms with Gasteiger partial charge in [0, 0.05) is 30.9 Å². The Labute approximate surface area is 112 Å². The van der Waals surface area contributed by atoms with Gasteiger partial charge in [-0.25, -0.2) is 4.39 Å². The molecule has 0 aliphatic carbocycles. The molecule has 0 spiro atoms. The summed E-state index contributed by atoms with van der Waals surface area (Å²) in [5, 5.41) is 7.55. The Hall–Kier alpha value is -2.04. The average Bonchev–Trinajstić information content (AvgIpc) is 2.61. The van der Waals surface area contributed by atoms with Gasteiger partial charge in [-0.2, -0.15) is 5.10 Å². The topological polar surface area (TPSA) is 39.1 Å². The Kier molecular flexibility index (Phi) is 3.74. The van der Waals surface area contributed by atoms with E-state index in [1.807, 2.05) is 25.6 Å². The van der Waals surface area contributed by atoms with Crippen molar-refractivity contribution in [2.45, 2.75) is 20.4 Å². The maximum Gasteiger partial charge on any atom is 0.142 e. The third-order valence-corrected chi connectivity index (χ3v) is 3.28. The Morgan fingerprint density at radius 3 is 2.68 bits per heavy atom. The number of anilines is 1. The maximum atomic E-state index is 13.3. The van der Waals surface area contributed by atoms with Crippen LogP contribution in [0, 0.1) is 19.7 Å². The first-order valence-electron chi connectivity index (χ1n) is 6.09. The molecule has 0 unspecified atom stereocenters. The highest BCUT2D eigenvalue weighted by Gasteiger charge is 2.10. The molecule has 4 nitrogen and oxygen atoms in total. The summed E-state index contributed by atoms with van der Waals surface area (Å²) in [5.41, 5.74) is 3.84. The molecule has 0 fully saturated rings. The van der Waals surface area contributed by atoms with Crippen LogP contribution in [0.4, 0.5) is 10.1 Å². The van der Waals surface area contributed by atoms with E-state index in [1.54, 1.807) is 13.2 Å². The zero-order valence-corrected chi connectivity index (χ0v) is 11.6. The van der Waals surface area contributed by atoms with Crippen LogP contribution in [0.5, 0.6) is 5.75 Å². The second-order valence-electron chi connectivity index (χ2n) is 4.47. The van der Waals surface area contributed by atoms with Gasteiger partial charge in [-0.05, 0) is 26.0 Å². The summed E-state index contributed by atoms with van der Waals surface area (Å²) >= 11 is 0. The standard InChI is InChI=1S/C14H18FN3O/c1-9-12(10(2)18(3)17-9)8-16-13-7-11(15)5-6-14(13)19-4/h5-7,16H,8H2,1-4H3. The zero-order chi connectivity index (χ0) is 14.0. The summed E-state index contributed by atoms with van der Waals surface area (Å²) in [4.78, 5) is 0. The second-order valence-corrected chi connectivity index (χ2v) is 4.47. The third-order valence-electron chi connectivity index (χ3n) is 3.28. The van der Waals surface area contributed by atoms with Crippen LogP contribution in [-0.2, 0) is 13.6 Å². The van der Waals surface area contributed by atoms with Crippen LogP contribution >= 0.6 is 0 Å². The van der Waals surface area contributed by atoms with Crippen molar-refractivity contribution in [1.82, 2.24) is 9.78 Å². The SMILES string of the molecule is COc1ccc(F)cc1NCc1c(C)nn(C)c1C. The normalized spacial score (nSPS) is 10.6. The van der Waals surface area contributed by atoms with Crippen LogP contribution in [0.2, 0.25) is 0 Å². The van der Waals surface area contributed by atoms with E-state index in [0.29, 0.717) is 18.0 Å². The van der Waals surface area contributed by atoms with Crippen molar-refractivity contribution in [2.24, 2.45) is 7.05 Å². The van der Waals surface area contributed by atoms with Crippen molar-refractivity contribution >= 4 is 5.69 Å². The Morgan fingerprint density at radius 2 is 2.11 bits per heavy atom. The number of methoxy groups -OCH3 is 1. The molecule has 0 radical (unpaired) electrons. The highest BCUT2D eigenvalue weighted by atomic mass is 19.1. The molecule has 0 saturated carbocycles. The summed E-state index contributed by atoms with van der Waals surface area (Å²) in [6, 6.07) is 4.42. The molecule has 1 aromatic carbocycles. The lowest BCUT2D eigenvalue weighted by molar-refractivity contribution is 0.415. The van der Waals surface area contributed by atoms with E-state index in [2.05, 4.69) is 10.4 Å². The number of halogens is 1. The number of hydrogen-bond donors (Lipinski definition) is 1. The van der Waals surface area contributed by atoms with Crippen molar-refractivity contribution in [3.05, 3.63) is 41.0 Å². The van der Waals surface area contributed by atoms with Gasteiger partial charge in [0.1, 0.15) is 11.6 Å². The van der Waals surface area contributed by atoms with Gasteiger partial charge in [0.25, 0.3) is 0 Å². The third kappa shape index (κ3) is 2.70. The minimum atomic E-state index is -0.289. The molecule has 102 valence electrons. The second kappa shape index (κ2) is 5.30. The first-order chi connectivity index (χ1) is 9.02. The van der Waals surface area contributed by atoms with E-state index < -0.39 is 0 Å². The van der Waals surface area contributed by atoms with Crippen LogP contribution in [-0.4, -0.2) is 16.9 Å². The van der Waals surface area contributed by atoms with Crippen LogP contribution in [0.3, 0.4) is 0 Å². The van der Waals surface area contributed by atoms with Crippen LogP contribution in [0.1, 0.15) is 17.0 Å². The lowest BCUT2D eigenvalue weighted by Gasteiger charge is -2.11. The molecule has 0 aliphatic heterocycles. The molecule has 0 saturated heterocycles. The molecule has 19 heavy (non-hydrogen) atoms. The molecule has 2 rings (SSSR count). The lowest BCUT2D eigenvalue weighted by atomic mass is 10.2. The van der Waals surface area contributed by atoms with E-state index in [4.69, 9.17) is 4.74 Å². The van der Waals surface area contributed by atoms with Gasteiger partial charge in [-0.15, -0.1) is 0 Å². The largest absolute Gasteiger partial charge is 0.495 e. The molecule has 0 bridgehead atoms. The average molecular weight is 263 g/mol. The summed E-state index contributed by atoms with van der Waals surface area (Å²) in [5.74, 6) is 0.337. The van der Waals surface area contributed by atoms with Crippen molar-refractivity contribution in [3.8, 4) is 5.75 Å². The molecule has 0 amide bonds. The predicted molar refractivity (Wildman–Crippen MR) is 73.0 cm³/mol. The predicted octanol–water partition coefficient (Wildman–Crippen LogP) is 2.80. The monoisotopic (exact) mass is 263 g/mol. The fourth-order valence-corrected chi connectivity index (χ4v) is 2.08. The number of rotatable bonds is 4. The minimum Gasteiger partial charge on any atom is -0.495 e. The van der Waals surface area contributed by atoms with E-state index in [1.165, 1.54) is 12.1 Å². The molecule has 1 aromatic heterocycles. The molecular weight excluding hydrogens is 245 g/mol. The molecule has 1 heterocycles. The first kappa shape index (κ1) is 13.4. The van der Waals surface area contributed by atoms with Gasteiger partial charge in [0.05, 0.1) is 18.5 Å². The number of nitrogens with zero attached hydrogens (tertiary/aromatic N) is 2. The van der Waals surface area contributed by atoms with Gasteiger partial charge in [-0.3, -0.25) is 4.68 Å². The fraction of sp³-hybridized carbons (Fsp3) is 0.357. The molecule has 2 aromatic rings. The highest BCUT2D eigenvalue weighted by molar-refractivity contribution is 5.56.